The van der Waals surface area contributed by atoms with E-state index in [4.69, 9.17) is 9.47 Å². The van der Waals surface area contributed by atoms with Crippen LogP contribution in [0.4, 0.5) is 0 Å². The third-order valence-electron chi connectivity index (χ3n) is 9.70. The second-order valence-electron chi connectivity index (χ2n) is 13.9. The number of carbonyl (C=O) groups is 2. The van der Waals surface area contributed by atoms with E-state index < -0.39 is 0 Å². The zero-order valence-electron chi connectivity index (χ0n) is 30.1. The Balaban J connectivity index is 2.18. The molecule has 266 valence electrons. The molecule has 1 aliphatic rings. The van der Waals surface area contributed by atoms with Crippen LogP contribution in [0, 0.1) is 5.92 Å². The molecule has 1 aliphatic carbocycles. The standard InChI is InChI=1S/C39H76N2O4/c1-3-5-7-9-11-13-15-17-19-21-23-25-31-44-34-38(33-40-39(43)36-27-29-37(30-28-36)41-35-42)45-32-26-24-22-20-18-16-14-12-10-8-6-4-2/h35-38H,3-34H2,1-2H3,(H,40,43)(H,41,42). The van der Waals surface area contributed by atoms with Gasteiger partial charge in [0.15, 0.2) is 0 Å². The molecule has 0 bridgehead atoms. The van der Waals surface area contributed by atoms with Gasteiger partial charge in [0.2, 0.25) is 12.3 Å². The summed E-state index contributed by atoms with van der Waals surface area (Å²) in [4.78, 5) is 23.6. The highest BCUT2D eigenvalue weighted by Gasteiger charge is 2.26. The second kappa shape index (κ2) is 32.8. The molecule has 0 aromatic carbocycles. The Morgan fingerprint density at radius 1 is 0.622 bits per heavy atom. The Morgan fingerprint density at radius 3 is 1.49 bits per heavy atom. The number of hydrogen-bond donors (Lipinski definition) is 2. The van der Waals surface area contributed by atoms with Gasteiger partial charge in [-0.25, -0.2) is 0 Å². The molecule has 2 amide bonds. The largest absolute Gasteiger partial charge is 0.379 e. The zero-order chi connectivity index (χ0) is 32.5. The van der Waals surface area contributed by atoms with Crippen molar-refractivity contribution >= 4 is 12.3 Å². The van der Waals surface area contributed by atoms with Crippen LogP contribution >= 0.6 is 0 Å². The van der Waals surface area contributed by atoms with Crippen molar-refractivity contribution in [3.63, 3.8) is 0 Å². The Morgan fingerprint density at radius 2 is 1.04 bits per heavy atom. The molecule has 0 aromatic heterocycles. The predicted molar refractivity (Wildman–Crippen MR) is 191 cm³/mol. The topological polar surface area (TPSA) is 76.7 Å². The van der Waals surface area contributed by atoms with E-state index in [-0.39, 0.29) is 24.0 Å². The third-order valence-corrected chi connectivity index (χ3v) is 9.70. The van der Waals surface area contributed by atoms with E-state index in [1.165, 1.54) is 141 Å². The summed E-state index contributed by atoms with van der Waals surface area (Å²) in [5.74, 6) is 0.160. The molecular formula is C39H76N2O4. The number of rotatable bonds is 34. The molecule has 0 aliphatic heterocycles. The van der Waals surface area contributed by atoms with Gasteiger partial charge < -0.3 is 20.1 Å². The van der Waals surface area contributed by atoms with Gasteiger partial charge in [0.25, 0.3) is 0 Å². The van der Waals surface area contributed by atoms with E-state index in [0.717, 1.165) is 58.1 Å². The summed E-state index contributed by atoms with van der Waals surface area (Å²) in [5, 5.41) is 6.03. The van der Waals surface area contributed by atoms with Crippen LogP contribution in [-0.2, 0) is 19.1 Å². The Hall–Kier alpha value is -1.14. The number of ether oxygens (including phenoxy) is 2. The first-order valence-electron chi connectivity index (χ1n) is 19.9. The molecule has 1 unspecified atom stereocenters. The molecule has 6 nitrogen and oxygen atoms in total. The summed E-state index contributed by atoms with van der Waals surface area (Å²) < 4.78 is 12.3. The van der Waals surface area contributed by atoms with Crippen LogP contribution in [0.25, 0.3) is 0 Å². The number of unbranched alkanes of at least 4 members (excludes halogenated alkanes) is 22. The highest BCUT2D eigenvalue weighted by atomic mass is 16.5. The summed E-state index contributed by atoms with van der Waals surface area (Å²) in [6.45, 7) is 7.14. The summed E-state index contributed by atoms with van der Waals surface area (Å²) >= 11 is 0. The molecule has 0 spiro atoms. The molecule has 45 heavy (non-hydrogen) atoms. The van der Waals surface area contributed by atoms with Crippen molar-refractivity contribution in [2.45, 2.75) is 206 Å². The molecule has 0 aromatic rings. The van der Waals surface area contributed by atoms with Crippen molar-refractivity contribution in [2.75, 3.05) is 26.4 Å². The molecular weight excluding hydrogens is 560 g/mol. The molecule has 0 saturated heterocycles. The van der Waals surface area contributed by atoms with Gasteiger partial charge in [0, 0.05) is 31.7 Å². The van der Waals surface area contributed by atoms with Gasteiger partial charge in [-0.05, 0) is 38.5 Å². The minimum Gasteiger partial charge on any atom is -0.379 e. The Labute approximate surface area is 279 Å². The van der Waals surface area contributed by atoms with Gasteiger partial charge in [-0.15, -0.1) is 0 Å². The summed E-state index contributed by atoms with van der Waals surface area (Å²) in [5.41, 5.74) is 0. The van der Waals surface area contributed by atoms with Gasteiger partial charge >= 0.3 is 0 Å². The van der Waals surface area contributed by atoms with Gasteiger partial charge in [-0.1, -0.05) is 155 Å². The lowest BCUT2D eigenvalue weighted by molar-refractivity contribution is -0.127. The maximum absolute atomic E-state index is 12.9. The van der Waals surface area contributed by atoms with Crippen molar-refractivity contribution in [1.82, 2.24) is 10.6 Å². The van der Waals surface area contributed by atoms with Crippen LogP contribution in [0.15, 0.2) is 0 Å². The first-order valence-corrected chi connectivity index (χ1v) is 19.9. The fourth-order valence-corrected chi connectivity index (χ4v) is 6.60. The third kappa shape index (κ3) is 26.6. The monoisotopic (exact) mass is 637 g/mol. The van der Waals surface area contributed by atoms with E-state index in [2.05, 4.69) is 24.5 Å². The minimum absolute atomic E-state index is 0.0358. The van der Waals surface area contributed by atoms with E-state index in [1.54, 1.807) is 0 Å². The molecule has 1 saturated carbocycles. The maximum Gasteiger partial charge on any atom is 0.223 e. The van der Waals surface area contributed by atoms with E-state index in [1.807, 2.05) is 0 Å². The minimum atomic E-state index is -0.0907. The van der Waals surface area contributed by atoms with Gasteiger partial charge in [-0.3, -0.25) is 9.59 Å². The molecule has 1 rings (SSSR count). The molecule has 6 heteroatoms. The predicted octanol–water partition coefficient (Wildman–Crippen LogP) is 10.2. The number of nitrogens with one attached hydrogen (secondary N) is 2. The highest BCUT2D eigenvalue weighted by molar-refractivity contribution is 5.78. The van der Waals surface area contributed by atoms with Crippen molar-refractivity contribution in [1.29, 1.82) is 0 Å². The Bertz CT molecular complexity index is 639. The first kappa shape index (κ1) is 41.9. The van der Waals surface area contributed by atoms with Gasteiger partial charge in [0.05, 0.1) is 12.7 Å². The normalized spacial score (nSPS) is 17.3. The van der Waals surface area contributed by atoms with Crippen LogP contribution in [0.5, 0.6) is 0 Å². The zero-order valence-corrected chi connectivity index (χ0v) is 30.1. The molecule has 0 heterocycles. The molecule has 0 radical (unpaired) electrons. The van der Waals surface area contributed by atoms with Crippen LogP contribution in [0.2, 0.25) is 0 Å². The Kier molecular flexibility index (Phi) is 30.5. The van der Waals surface area contributed by atoms with Crippen molar-refractivity contribution in [3.05, 3.63) is 0 Å². The molecule has 1 atom stereocenters. The summed E-state index contributed by atoms with van der Waals surface area (Å²) in [7, 11) is 0. The van der Waals surface area contributed by atoms with Crippen LogP contribution in [0.1, 0.15) is 194 Å². The van der Waals surface area contributed by atoms with E-state index in [0.29, 0.717) is 13.2 Å². The first-order chi connectivity index (χ1) is 22.2. The van der Waals surface area contributed by atoms with Crippen LogP contribution in [-0.4, -0.2) is 50.8 Å². The number of hydrogen-bond acceptors (Lipinski definition) is 4. The highest BCUT2D eigenvalue weighted by Crippen LogP contribution is 2.24. The lowest BCUT2D eigenvalue weighted by Gasteiger charge is -2.28. The quantitative estimate of drug-likeness (QED) is 0.0544. The van der Waals surface area contributed by atoms with Crippen LogP contribution < -0.4 is 10.6 Å². The van der Waals surface area contributed by atoms with Crippen molar-refractivity contribution in [3.8, 4) is 0 Å². The van der Waals surface area contributed by atoms with E-state index in [9.17, 15) is 9.59 Å². The second-order valence-corrected chi connectivity index (χ2v) is 13.9. The lowest BCUT2D eigenvalue weighted by atomic mass is 9.85. The molecule has 1 fully saturated rings. The average Bonchev–Trinajstić information content (AvgIpc) is 3.05. The van der Waals surface area contributed by atoms with E-state index >= 15 is 0 Å². The van der Waals surface area contributed by atoms with Gasteiger partial charge in [-0.2, -0.15) is 0 Å². The lowest BCUT2D eigenvalue weighted by Crippen LogP contribution is -2.42. The van der Waals surface area contributed by atoms with Crippen molar-refractivity contribution in [2.24, 2.45) is 5.92 Å². The van der Waals surface area contributed by atoms with Crippen molar-refractivity contribution < 1.29 is 19.1 Å². The summed E-state index contributed by atoms with van der Waals surface area (Å²) in [6, 6.07) is 0.215. The maximum atomic E-state index is 12.9. The van der Waals surface area contributed by atoms with Crippen LogP contribution in [0.3, 0.4) is 0 Å². The molecule has 2 N–H and O–H groups in total. The SMILES string of the molecule is CCCCCCCCCCCCCCOCC(CNC(=O)C1CCC(NC=O)CC1)OCCCCCCCCCCCCCC. The summed E-state index contributed by atoms with van der Waals surface area (Å²) in [6.07, 6.45) is 36.2. The fraction of sp³-hybridized carbons (Fsp3) is 0.949. The fourth-order valence-electron chi connectivity index (χ4n) is 6.60. The van der Waals surface area contributed by atoms with Gasteiger partial charge in [0.1, 0.15) is 0 Å². The average molecular weight is 637 g/mol. The number of carbonyl (C=O) groups excluding carboxylic acids is 2. The smallest absolute Gasteiger partial charge is 0.223 e. The number of amides is 2.